The Hall–Kier alpha value is -1.16. The zero-order valence-electron chi connectivity index (χ0n) is 11.6. The summed E-state index contributed by atoms with van der Waals surface area (Å²) in [7, 11) is 0. The quantitative estimate of drug-likeness (QED) is 0.580. The molecule has 0 aromatic heterocycles. The summed E-state index contributed by atoms with van der Waals surface area (Å²) in [5.74, 6) is 0. The lowest BCUT2D eigenvalue weighted by Gasteiger charge is -2.18. The van der Waals surface area contributed by atoms with E-state index in [1.54, 1.807) is 0 Å². The maximum absolute atomic E-state index is 6.54. The summed E-state index contributed by atoms with van der Waals surface area (Å²) in [4.78, 5) is 0. The highest BCUT2D eigenvalue weighted by Crippen LogP contribution is 2.34. The maximum atomic E-state index is 6.54. The molecule has 0 saturated heterocycles. The highest BCUT2D eigenvalue weighted by Gasteiger charge is 2.15. The van der Waals surface area contributed by atoms with Crippen molar-refractivity contribution in [2.45, 2.75) is 13.0 Å². The molecule has 0 aliphatic heterocycles. The van der Waals surface area contributed by atoms with Crippen molar-refractivity contribution < 1.29 is 0 Å². The first-order valence-corrected chi connectivity index (χ1v) is 8.35. The van der Waals surface area contributed by atoms with Gasteiger partial charge in [0, 0.05) is 8.95 Å². The molecule has 0 fully saturated rings. The summed E-state index contributed by atoms with van der Waals surface area (Å²) in [6.07, 6.45) is 0. The van der Waals surface area contributed by atoms with Crippen LogP contribution in [-0.4, -0.2) is 0 Å². The van der Waals surface area contributed by atoms with E-state index in [0.717, 1.165) is 20.1 Å². The van der Waals surface area contributed by atoms with Gasteiger partial charge in [-0.2, -0.15) is 0 Å². The molecule has 0 saturated carbocycles. The summed E-state index contributed by atoms with van der Waals surface area (Å²) in [6.45, 7) is 2.08. The Morgan fingerprint density at radius 1 is 0.810 bits per heavy atom. The molecule has 3 aromatic rings. The normalized spacial score (nSPS) is 12.6. The molecule has 0 spiro atoms. The van der Waals surface area contributed by atoms with Crippen LogP contribution in [0.15, 0.2) is 63.5 Å². The summed E-state index contributed by atoms with van der Waals surface area (Å²) < 4.78 is 2.15. The van der Waals surface area contributed by atoms with Crippen molar-refractivity contribution in [2.75, 3.05) is 0 Å². The van der Waals surface area contributed by atoms with Crippen molar-refractivity contribution >= 4 is 42.6 Å². The van der Waals surface area contributed by atoms with Crippen LogP contribution in [0.4, 0.5) is 0 Å². The molecule has 0 amide bonds. The lowest BCUT2D eigenvalue weighted by molar-refractivity contribution is 0.874. The monoisotopic (exact) mass is 403 g/mol. The van der Waals surface area contributed by atoms with E-state index in [4.69, 9.17) is 5.73 Å². The lowest BCUT2D eigenvalue weighted by atomic mass is 9.94. The van der Waals surface area contributed by atoms with E-state index in [1.165, 1.54) is 16.3 Å². The van der Waals surface area contributed by atoms with Crippen LogP contribution in [0, 0.1) is 6.92 Å². The first-order chi connectivity index (χ1) is 10.1. The van der Waals surface area contributed by atoms with Gasteiger partial charge in [-0.3, -0.25) is 0 Å². The summed E-state index contributed by atoms with van der Waals surface area (Å²) in [5, 5.41) is 2.38. The second kappa shape index (κ2) is 5.91. The Kier molecular flexibility index (Phi) is 4.16. The zero-order chi connectivity index (χ0) is 15.0. The number of aryl methyl sites for hydroxylation is 1. The van der Waals surface area contributed by atoms with E-state index in [-0.39, 0.29) is 6.04 Å². The van der Waals surface area contributed by atoms with E-state index in [0.29, 0.717) is 0 Å². The largest absolute Gasteiger partial charge is 0.320 e. The molecule has 1 atom stereocenters. The van der Waals surface area contributed by atoms with Gasteiger partial charge < -0.3 is 5.73 Å². The van der Waals surface area contributed by atoms with Gasteiger partial charge in [0.2, 0.25) is 0 Å². The van der Waals surface area contributed by atoms with Crippen molar-refractivity contribution in [3.8, 4) is 0 Å². The van der Waals surface area contributed by atoms with Gasteiger partial charge >= 0.3 is 0 Å². The van der Waals surface area contributed by atoms with Crippen molar-refractivity contribution in [3.05, 3.63) is 80.2 Å². The molecule has 2 N–H and O–H groups in total. The second-order valence-electron chi connectivity index (χ2n) is 5.18. The topological polar surface area (TPSA) is 26.0 Å². The van der Waals surface area contributed by atoms with E-state index in [1.807, 2.05) is 6.07 Å². The van der Waals surface area contributed by atoms with Crippen molar-refractivity contribution in [1.29, 1.82) is 0 Å². The summed E-state index contributed by atoms with van der Waals surface area (Å²) >= 11 is 7.24. The Bertz CT molecular complexity index is 811. The number of halogens is 2. The third kappa shape index (κ3) is 2.78. The number of rotatable bonds is 2. The van der Waals surface area contributed by atoms with Crippen molar-refractivity contribution in [1.82, 2.24) is 0 Å². The molecule has 0 aliphatic rings. The first kappa shape index (κ1) is 14.8. The number of nitrogens with two attached hydrogens (primary N) is 1. The Balaban J connectivity index is 2.18. The molecule has 0 heterocycles. The average Bonchev–Trinajstić information content (AvgIpc) is 2.47. The predicted molar refractivity (Wildman–Crippen MR) is 96.6 cm³/mol. The maximum Gasteiger partial charge on any atom is 0.0568 e. The van der Waals surface area contributed by atoms with E-state index in [2.05, 4.69) is 87.3 Å². The van der Waals surface area contributed by atoms with E-state index in [9.17, 15) is 0 Å². The first-order valence-electron chi connectivity index (χ1n) is 6.76. The summed E-state index contributed by atoms with van der Waals surface area (Å²) in [6, 6.07) is 18.6. The molecule has 21 heavy (non-hydrogen) atoms. The number of fused-ring (bicyclic) bond motifs is 1. The minimum Gasteiger partial charge on any atom is -0.320 e. The molecular weight excluding hydrogens is 390 g/mol. The fraction of sp³-hybridized carbons (Fsp3) is 0.111. The van der Waals surface area contributed by atoms with Gasteiger partial charge in [-0.15, -0.1) is 0 Å². The Morgan fingerprint density at radius 3 is 2.19 bits per heavy atom. The van der Waals surface area contributed by atoms with Gasteiger partial charge in [-0.25, -0.2) is 0 Å². The van der Waals surface area contributed by atoms with Crippen LogP contribution in [0.2, 0.25) is 0 Å². The van der Waals surface area contributed by atoms with E-state index >= 15 is 0 Å². The van der Waals surface area contributed by atoms with Gasteiger partial charge in [-0.05, 0) is 46.5 Å². The third-order valence-corrected chi connectivity index (χ3v) is 5.11. The van der Waals surface area contributed by atoms with Crippen molar-refractivity contribution in [2.24, 2.45) is 5.73 Å². The fourth-order valence-corrected chi connectivity index (χ4v) is 3.83. The van der Waals surface area contributed by atoms with Crippen LogP contribution in [-0.2, 0) is 0 Å². The van der Waals surface area contributed by atoms with Crippen LogP contribution in [0.5, 0.6) is 0 Å². The van der Waals surface area contributed by atoms with Crippen LogP contribution < -0.4 is 5.73 Å². The minimum atomic E-state index is -0.155. The van der Waals surface area contributed by atoms with Crippen LogP contribution >= 0.6 is 31.9 Å². The third-order valence-electron chi connectivity index (χ3n) is 3.73. The SMILES string of the molecule is Cc1ccc(C(N)c2ccc(Br)c3ccccc23)c(Br)c1. The molecule has 106 valence electrons. The molecular formula is C18H15Br2N. The smallest absolute Gasteiger partial charge is 0.0568 e. The molecule has 0 bridgehead atoms. The molecule has 1 nitrogen and oxygen atoms in total. The molecule has 1 unspecified atom stereocenters. The highest BCUT2D eigenvalue weighted by atomic mass is 79.9. The Morgan fingerprint density at radius 2 is 1.48 bits per heavy atom. The van der Waals surface area contributed by atoms with Crippen LogP contribution in [0.3, 0.4) is 0 Å². The summed E-state index contributed by atoms with van der Waals surface area (Å²) in [5.41, 5.74) is 10.0. The minimum absolute atomic E-state index is 0.155. The lowest BCUT2D eigenvalue weighted by Crippen LogP contribution is -2.13. The van der Waals surface area contributed by atoms with Gasteiger partial charge in [0.05, 0.1) is 6.04 Å². The van der Waals surface area contributed by atoms with Gasteiger partial charge in [-0.1, -0.05) is 74.3 Å². The van der Waals surface area contributed by atoms with E-state index < -0.39 is 0 Å². The average molecular weight is 405 g/mol. The molecule has 0 radical (unpaired) electrons. The number of hydrogen-bond acceptors (Lipinski definition) is 1. The standard InChI is InChI=1S/C18H15Br2N/c1-11-6-7-15(17(20)10-11)18(21)14-8-9-16(19)13-5-3-2-4-12(13)14/h2-10,18H,21H2,1H3. The predicted octanol–water partition coefficient (Wildman–Crippen LogP) is 5.72. The molecule has 0 aliphatic carbocycles. The number of benzene rings is 3. The van der Waals surface area contributed by atoms with Crippen molar-refractivity contribution in [3.63, 3.8) is 0 Å². The second-order valence-corrected chi connectivity index (χ2v) is 6.89. The molecule has 3 rings (SSSR count). The zero-order valence-corrected chi connectivity index (χ0v) is 14.8. The molecule has 3 heteroatoms. The van der Waals surface area contributed by atoms with Gasteiger partial charge in [0.25, 0.3) is 0 Å². The van der Waals surface area contributed by atoms with Gasteiger partial charge in [0.1, 0.15) is 0 Å². The van der Waals surface area contributed by atoms with Crippen LogP contribution in [0.1, 0.15) is 22.7 Å². The highest BCUT2D eigenvalue weighted by molar-refractivity contribution is 9.11. The Labute approximate surface area is 141 Å². The van der Waals surface area contributed by atoms with Crippen LogP contribution in [0.25, 0.3) is 10.8 Å². The molecule has 3 aromatic carbocycles. The van der Waals surface area contributed by atoms with Gasteiger partial charge in [0.15, 0.2) is 0 Å². The number of hydrogen-bond donors (Lipinski definition) is 1. The fourth-order valence-electron chi connectivity index (χ4n) is 2.61.